The predicted octanol–water partition coefficient (Wildman–Crippen LogP) is 0.976. The highest BCUT2D eigenvalue weighted by Gasteiger charge is 2.11. The quantitative estimate of drug-likeness (QED) is 0.654. The molecule has 6 heteroatoms. The van der Waals surface area contributed by atoms with Gasteiger partial charge in [-0.3, -0.25) is 0 Å². The molecule has 6 nitrogen and oxygen atoms in total. The van der Waals surface area contributed by atoms with Crippen molar-refractivity contribution in [2.24, 2.45) is 7.05 Å². The molecule has 0 radical (unpaired) electrons. The number of aryl methyl sites for hydroxylation is 1. The van der Waals surface area contributed by atoms with Crippen LogP contribution in [0.15, 0.2) is 29.3 Å². The third-order valence-corrected chi connectivity index (χ3v) is 3.15. The minimum atomic E-state index is -0.187. The summed E-state index contributed by atoms with van der Waals surface area (Å²) < 4.78 is 1.98. The van der Waals surface area contributed by atoms with Crippen LogP contribution in [-0.4, -0.2) is 26.6 Å². The maximum Gasteiger partial charge on any atom is 0.323 e. The monoisotopic (exact) mass is 257 g/mol. The van der Waals surface area contributed by atoms with Crippen LogP contribution in [0.1, 0.15) is 5.69 Å². The second kappa shape index (κ2) is 4.40. The molecule has 0 unspecified atom stereocenters. The van der Waals surface area contributed by atoms with Crippen LogP contribution in [0.5, 0.6) is 0 Å². The molecule has 0 aliphatic carbocycles. The first-order chi connectivity index (χ1) is 9.19. The van der Waals surface area contributed by atoms with Gasteiger partial charge in [0.1, 0.15) is 0 Å². The average Bonchev–Trinajstić information content (AvgIpc) is 2.91. The fourth-order valence-corrected chi connectivity index (χ4v) is 2.33. The zero-order valence-electron chi connectivity index (χ0n) is 10.8. The highest BCUT2D eigenvalue weighted by atomic mass is 16.1. The summed E-state index contributed by atoms with van der Waals surface area (Å²) >= 11 is 0. The maximum absolute atomic E-state index is 11.3. The number of hydrogen-bond acceptors (Lipinski definition) is 3. The van der Waals surface area contributed by atoms with Gasteiger partial charge in [0.15, 0.2) is 0 Å². The summed E-state index contributed by atoms with van der Waals surface area (Å²) in [5.41, 5.74) is 4.51. The number of aromatic amines is 2. The van der Waals surface area contributed by atoms with Gasteiger partial charge in [0.25, 0.3) is 0 Å². The van der Waals surface area contributed by atoms with Gasteiger partial charge in [-0.2, -0.15) is 0 Å². The number of hydrogen-bond donors (Lipinski definition) is 3. The van der Waals surface area contributed by atoms with Crippen molar-refractivity contribution in [2.45, 2.75) is 6.54 Å². The van der Waals surface area contributed by atoms with Crippen molar-refractivity contribution in [3.63, 3.8) is 0 Å². The van der Waals surface area contributed by atoms with Crippen LogP contribution in [0, 0.1) is 0 Å². The molecule has 0 saturated carbocycles. The first-order valence-electron chi connectivity index (χ1n) is 6.06. The summed E-state index contributed by atoms with van der Waals surface area (Å²) in [6.45, 7) is 0.706. The Morgan fingerprint density at radius 3 is 2.89 bits per heavy atom. The Kier molecular flexibility index (Phi) is 2.72. The maximum atomic E-state index is 11.3. The Morgan fingerprint density at radius 2 is 2.11 bits per heavy atom. The molecule has 98 valence electrons. The zero-order chi connectivity index (χ0) is 13.4. The van der Waals surface area contributed by atoms with Gasteiger partial charge < -0.3 is 19.9 Å². The van der Waals surface area contributed by atoms with E-state index >= 15 is 0 Å². The molecule has 3 aromatic rings. The largest absolute Gasteiger partial charge is 0.333 e. The number of aromatic nitrogens is 4. The standard InChI is InChI=1S/C13H15N5O/c1-14-6-11-12(18(2)7-15-11)8-3-4-9-10(5-8)17-13(19)16-9/h3-5,7,14H,6H2,1-2H3,(H2,16,17,19). The lowest BCUT2D eigenvalue weighted by atomic mass is 10.1. The summed E-state index contributed by atoms with van der Waals surface area (Å²) in [7, 11) is 3.86. The SMILES string of the molecule is CNCc1ncn(C)c1-c1ccc2[nH]c(=O)[nH]c2c1. The Balaban J connectivity index is 2.17. The van der Waals surface area contributed by atoms with E-state index in [2.05, 4.69) is 20.3 Å². The number of rotatable bonds is 3. The van der Waals surface area contributed by atoms with Gasteiger partial charge in [-0.25, -0.2) is 9.78 Å². The van der Waals surface area contributed by atoms with Gasteiger partial charge >= 0.3 is 5.69 Å². The molecule has 0 bridgehead atoms. The van der Waals surface area contributed by atoms with Gasteiger partial charge in [-0.15, -0.1) is 0 Å². The fraction of sp³-hybridized carbons (Fsp3) is 0.231. The van der Waals surface area contributed by atoms with Crippen molar-refractivity contribution in [3.05, 3.63) is 40.7 Å². The molecule has 3 rings (SSSR count). The minimum absolute atomic E-state index is 0.187. The molecular formula is C13H15N5O. The fourth-order valence-electron chi connectivity index (χ4n) is 2.33. The van der Waals surface area contributed by atoms with Crippen molar-refractivity contribution < 1.29 is 0 Å². The molecule has 0 aliphatic heterocycles. The molecule has 2 heterocycles. The Labute approximate surface area is 109 Å². The van der Waals surface area contributed by atoms with Crippen LogP contribution >= 0.6 is 0 Å². The van der Waals surface area contributed by atoms with Crippen LogP contribution in [0.3, 0.4) is 0 Å². The van der Waals surface area contributed by atoms with Gasteiger partial charge in [0, 0.05) is 19.2 Å². The number of H-pyrrole nitrogens is 2. The van der Waals surface area contributed by atoms with Crippen molar-refractivity contribution in [3.8, 4) is 11.3 Å². The minimum Gasteiger partial charge on any atom is -0.333 e. The summed E-state index contributed by atoms with van der Waals surface area (Å²) in [5.74, 6) is 0. The van der Waals surface area contributed by atoms with Crippen molar-refractivity contribution in [1.82, 2.24) is 24.8 Å². The topological polar surface area (TPSA) is 78.5 Å². The number of benzene rings is 1. The first-order valence-corrected chi connectivity index (χ1v) is 6.06. The lowest BCUT2D eigenvalue weighted by Gasteiger charge is -2.06. The zero-order valence-corrected chi connectivity index (χ0v) is 10.8. The van der Waals surface area contributed by atoms with Gasteiger partial charge in [0.2, 0.25) is 0 Å². The second-order valence-electron chi connectivity index (χ2n) is 4.52. The van der Waals surface area contributed by atoms with Gasteiger partial charge in [-0.05, 0) is 19.2 Å². The van der Waals surface area contributed by atoms with Gasteiger partial charge in [-0.1, -0.05) is 6.07 Å². The smallest absolute Gasteiger partial charge is 0.323 e. The van der Waals surface area contributed by atoms with E-state index in [9.17, 15) is 4.79 Å². The van der Waals surface area contributed by atoms with Crippen LogP contribution < -0.4 is 11.0 Å². The van der Waals surface area contributed by atoms with E-state index in [4.69, 9.17) is 0 Å². The van der Waals surface area contributed by atoms with Crippen LogP contribution in [0.2, 0.25) is 0 Å². The van der Waals surface area contributed by atoms with E-state index < -0.39 is 0 Å². The predicted molar refractivity (Wildman–Crippen MR) is 73.9 cm³/mol. The lowest BCUT2D eigenvalue weighted by Crippen LogP contribution is -2.07. The average molecular weight is 257 g/mol. The molecule has 0 spiro atoms. The second-order valence-corrected chi connectivity index (χ2v) is 4.52. The van der Waals surface area contributed by atoms with E-state index in [-0.39, 0.29) is 5.69 Å². The first kappa shape index (κ1) is 11.7. The van der Waals surface area contributed by atoms with E-state index in [1.165, 1.54) is 0 Å². The number of fused-ring (bicyclic) bond motifs is 1. The highest BCUT2D eigenvalue weighted by molar-refractivity contribution is 5.81. The molecule has 1 aromatic carbocycles. The Hall–Kier alpha value is -2.34. The molecule has 0 amide bonds. The summed E-state index contributed by atoms with van der Waals surface area (Å²) in [6.07, 6.45) is 1.80. The third kappa shape index (κ3) is 1.96. The Morgan fingerprint density at radius 1 is 1.32 bits per heavy atom. The van der Waals surface area contributed by atoms with Crippen molar-refractivity contribution >= 4 is 11.0 Å². The molecule has 2 aromatic heterocycles. The molecule has 19 heavy (non-hydrogen) atoms. The number of nitrogens with one attached hydrogen (secondary N) is 3. The highest BCUT2D eigenvalue weighted by Crippen LogP contribution is 2.24. The molecule has 0 fully saturated rings. The van der Waals surface area contributed by atoms with E-state index in [1.54, 1.807) is 6.33 Å². The number of nitrogens with zero attached hydrogens (tertiary/aromatic N) is 2. The van der Waals surface area contributed by atoms with Crippen LogP contribution in [0.25, 0.3) is 22.3 Å². The van der Waals surface area contributed by atoms with Crippen LogP contribution in [0.4, 0.5) is 0 Å². The summed E-state index contributed by atoms with van der Waals surface area (Å²) in [5, 5.41) is 3.11. The number of imidazole rings is 2. The van der Waals surface area contributed by atoms with E-state index in [0.717, 1.165) is 28.0 Å². The summed E-state index contributed by atoms with van der Waals surface area (Å²) in [4.78, 5) is 21.2. The normalized spacial score (nSPS) is 11.3. The molecule has 3 N–H and O–H groups in total. The Bertz CT molecular complexity index is 780. The van der Waals surface area contributed by atoms with Crippen molar-refractivity contribution in [2.75, 3.05) is 7.05 Å². The van der Waals surface area contributed by atoms with Gasteiger partial charge in [0.05, 0.1) is 28.7 Å². The molecule has 0 aliphatic rings. The van der Waals surface area contributed by atoms with Crippen molar-refractivity contribution in [1.29, 1.82) is 0 Å². The van der Waals surface area contributed by atoms with E-state index in [1.807, 2.05) is 36.9 Å². The molecular weight excluding hydrogens is 242 g/mol. The lowest BCUT2D eigenvalue weighted by molar-refractivity contribution is 0.797. The summed E-state index contributed by atoms with van der Waals surface area (Å²) in [6, 6.07) is 5.85. The van der Waals surface area contributed by atoms with E-state index in [0.29, 0.717) is 6.54 Å². The molecule has 0 saturated heterocycles. The molecule has 0 atom stereocenters. The third-order valence-electron chi connectivity index (χ3n) is 3.15. The van der Waals surface area contributed by atoms with Crippen LogP contribution in [-0.2, 0) is 13.6 Å².